The van der Waals surface area contributed by atoms with Crippen LogP contribution in [0.1, 0.15) is 43.2 Å². The quantitative estimate of drug-likeness (QED) is 0.471. The number of ketones is 1. The lowest BCUT2D eigenvalue weighted by Gasteiger charge is -2.37. The molecule has 1 fully saturated rings. The van der Waals surface area contributed by atoms with Gasteiger partial charge in [-0.2, -0.15) is 0 Å². The molecule has 0 radical (unpaired) electrons. The smallest absolute Gasteiger partial charge is 0.143 e. The Labute approximate surface area is 166 Å². The minimum absolute atomic E-state index is 0.319. The van der Waals surface area contributed by atoms with Gasteiger partial charge in [-0.05, 0) is 41.7 Å². The lowest BCUT2D eigenvalue weighted by Crippen LogP contribution is -2.38. The van der Waals surface area contributed by atoms with Crippen LogP contribution in [-0.2, 0) is 16.8 Å². The number of carbonyl (C=O) groups excluding carboxylic acids is 1. The molecule has 28 heavy (non-hydrogen) atoms. The van der Waals surface area contributed by atoms with E-state index in [1.807, 2.05) is 42.5 Å². The topological polar surface area (TPSA) is 26.3 Å². The average molecular weight is 370 g/mol. The van der Waals surface area contributed by atoms with E-state index in [9.17, 15) is 4.79 Å². The lowest BCUT2D eigenvalue weighted by molar-refractivity contribution is -0.126. The summed E-state index contributed by atoms with van der Waals surface area (Å²) in [6, 6.07) is 22.6. The number of Topliss-reactive ketones (excluding diaryl/α,β-unsaturated/α-hetero) is 1. The number of hydrogen-bond donors (Lipinski definition) is 0. The molecule has 3 aromatic rings. The fourth-order valence-corrected chi connectivity index (χ4v) is 4.52. The van der Waals surface area contributed by atoms with Gasteiger partial charge >= 0.3 is 0 Å². The molecule has 0 N–H and O–H groups in total. The monoisotopic (exact) mass is 370 g/mol. The molecule has 4 rings (SSSR count). The van der Waals surface area contributed by atoms with E-state index < -0.39 is 5.41 Å². The standard InChI is InChI=1S/C26H26O2/c1-2-17-26(18-9-8-14-24(26)27)25-22-13-7-6-12-21(22)15-16-23(25)28-19-20-10-4-3-5-11-20/h2-7,10-13,15-16H,1,8-9,14,17-19H2/t26-/m0/s1. The normalized spacial score (nSPS) is 19.5. The molecule has 142 valence electrons. The molecule has 0 bridgehead atoms. The van der Waals surface area contributed by atoms with Crippen molar-refractivity contribution in [3.05, 3.63) is 90.5 Å². The van der Waals surface area contributed by atoms with Crippen molar-refractivity contribution in [1.82, 2.24) is 0 Å². The highest BCUT2D eigenvalue weighted by molar-refractivity contribution is 5.99. The molecule has 2 heteroatoms. The minimum atomic E-state index is -0.535. The first-order chi connectivity index (χ1) is 13.7. The summed E-state index contributed by atoms with van der Waals surface area (Å²) >= 11 is 0. The second-order valence-electron chi connectivity index (χ2n) is 7.64. The highest BCUT2D eigenvalue weighted by Gasteiger charge is 2.43. The van der Waals surface area contributed by atoms with E-state index >= 15 is 0 Å². The van der Waals surface area contributed by atoms with E-state index in [1.165, 1.54) is 0 Å². The molecule has 1 atom stereocenters. The van der Waals surface area contributed by atoms with Crippen LogP contribution in [0.4, 0.5) is 0 Å². The maximum atomic E-state index is 13.3. The first kappa shape index (κ1) is 18.5. The van der Waals surface area contributed by atoms with Crippen LogP contribution in [-0.4, -0.2) is 5.78 Å². The van der Waals surface area contributed by atoms with Crippen molar-refractivity contribution in [2.75, 3.05) is 0 Å². The number of carbonyl (C=O) groups is 1. The Balaban J connectivity index is 1.86. The summed E-state index contributed by atoms with van der Waals surface area (Å²) in [5, 5.41) is 2.26. The van der Waals surface area contributed by atoms with Gasteiger partial charge in [0.15, 0.2) is 0 Å². The first-order valence-corrected chi connectivity index (χ1v) is 10.1. The fraction of sp³-hybridized carbons (Fsp3) is 0.269. The molecule has 0 spiro atoms. The SMILES string of the molecule is C=CC[C@]1(c2c(OCc3ccccc3)ccc3ccccc23)CCCCC1=O. The van der Waals surface area contributed by atoms with E-state index in [2.05, 4.69) is 36.9 Å². The number of allylic oxidation sites excluding steroid dienone is 1. The van der Waals surface area contributed by atoms with Crippen molar-refractivity contribution in [1.29, 1.82) is 0 Å². The van der Waals surface area contributed by atoms with Gasteiger partial charge in [0.1, 0.15) is 18.1 Å². The molecule has 0 heterocycles. The van der Waals surface area contributed by atoms with Crippen LogP contribution in [0.3, 0.4) is 0 Å². The Kier molecular flexibility index (Phi) is 5.29. The molecular weight excluding hydrogens is 344 g/mol. The summed E-state index contributed by atoms with van der Waals surface area (Å²) in [5.41, 5.74) is 1.63. The van der Waals surface area contributed by atoms with Crippen LogP contribution in [0.2, 0.25) is 0 Å². The minimum Gasteiger partial charge on any atom is -0.489 e. The van der Waals surface area contributed by atoms with Crippen LogP contribution in [0.5, 0.6) is 5.75 Å². The van der Waals surface area contributed by atoms with Crippen LogP contribution in [0.25, 0.3) is 10.8 Å². The zero-order chi connectivity index (χ0) is 19.4. The van der Waals surface area contributed by atoms with Gasteiger partial charge in [0.05, 0.1) is 5.41 Å². The third-order valence-electron chi connectivity index (χ3n) is 5.89. The Bertz CT molecular complexity index is 990. The van der Waals surface area contributed by atoms with Crippen molar-refractivity contribution in [3.8, 4) is 5.75 Å². The van der Waals surface area contributed by atoms with Crippen molar-refractivity contribution in [3.63, 3.8) is 0 Å². The van der Waals surface area contributed by atoms with E-state index in [-0.39, 0.29) is 0 Å². The van der Waals surface area contributed by atoms with Crippen molar-refractivity contribution >= 4 is 16.6 Å². The van der Waals surface area contributed by atoms with Crippen molar-refractivity contribution in [2.24, 2.45) is 0 Å². The Morgan fingerprint density at radius 1 is 0.964 bits per heavy atom. The number of fused-ring (bicyclic) bond motifs is 1. The maximum absolute atomic E-state index is 13.3. The molecule has 0 aliphatic heterocycles. The second-order valence-corrected chi connectivity index (χ2v) is 7.64. The molecule has 1 aliphatic carbocycles. The van der Waals surface area contributed by atoms with Gasteiger partial charge in [-0.15, -0.1) is 6.58 Å². The molecule has 0 amide bonds. The van der Waals surface area contributed by atoms with Gasteiger partial charge in [-0.3, -0.25) is 4.79 Å². The number of hydrogen-bond acceptors (Lipinski definition) is 2. The zero-order valence-electron chi connectivity index (χ0n) is 16.2. The van der Waals surface area contributed by atoms with Crippen LogP contribution in [0.15, 0.2) is 79.4 Å². The van der Waals surface area contributed by atoms with Gasteiger partial charge < -0.3 is 4.74 Å². The van der Waals surface area contributed by atoms with Crippen molar-refractivity contribution in [2.45, 2.75) is 44.1 Å². The van der Waals surface area contributed by atoms with Crippen LogP contribution >= 0.6 is 0 Å². The van der Waals surface area contributed by atoms with Gasteiger partial charge in [0.2, 0.25) is 0 Å². The summed E-state index contributed by atoms with van der Waals surface area (Å²) < 4.78 is 6.32. The van der Waals surface area contributed by atoms with E-state index in [0.29, 0.717) is 25.2 Å². The van der Waals surface area contributed by atoms with Crippen molar-refractivity contribution < 1.29 is 9.53 Å². The molecule has 3 aromatic carbocycles. The van der Waals surface area contributed by atoms with E-state index in [1.54, 1.807) is 0 Å². The summed E-state index contributed by atoms with van der Waals surface area (Å²) in [4.78, 5) is 13.3. The fourth-order valence-electron chi connectivity index (χ4n) is 4.52. The van der Waals surface area contributed by atoms with Crippen LogP contribution in [0, 0.1) is 0 Å². The molecule has 1 aliphatic rings. The molecule has 0 aromatic heterocycles. The number of rotatable bonds is 6. The summed E-state index contributed by atoms with van der Waals surface area (Å²) in [5.74, 6) is 1.14. The molecule has 2 nitrogen and oxygen atoms in total. The third kappa shape index (κ3) is 3.35. The average Bonchev–Trinajstić information content (AvgIpc) is 2.74. The molecular formula is C26H26O2. The summed E-state index contributed by atoms with van der Waals surface area (Å²) in [6.45, 7) is 4.46. The predicted molar refractivity (Wildman–Crippen MR) is 115 cm³/mol. The number of benzene rings is 3. The second kappa shape index (κ2) is 8.02. The van der Waals surface area contributed by atoms with Gasteiger partial charge in [-0.1, -0.05) is 73.2 Å². The predicted octanol–water partition coefficient (Wildman–Crippen LogP) is 6.38. The Hall–Kier alpha value is -2.87. The summed E-state index contributed by atoms with van der Waals surface area (Å²) in [6.07, 6.45) is 6.07. The molecule has 0 unspecified atom stereocenters. The van der Waals surface area contributed by atoms with Gasteiger partial charge in [0, 0.05) is 12.0 Å². The molecule has 1 saturated carbocycles. The zero-order valence-corrected chi connectivity index (χ0v) is 16.2. The number of ether oxygens (including phenoxy) is 1. The van der Waals surface area contributed by atoms with E-state index in [4.69, 9.17) is 4.74 Å². The van der Waals surface area contributed by atoms with Gasteiger partial charge in [-0.25, -0.2) is 0 Å². The maximum Gasteiger partial charge on any atom is 0.143 e. The largest absolute Gasteiger partial charge is 0.489 e. The first-order valence-electron chi connectivity index (χ1n) is 10.1. The summed E-state index contributed by atoms with van der Waals surface area (Å²) in [7, 11) is 0. The Morgan fingerprint density at radius 2 is 1.75 bits per heavy atom. The van der Waals surface area contributed by atoms with Crippen LogP contribution < -0.4 is 4.74 Å². The van der Waals surface area contributed by atoms with Gasteiger partial charge in [0.25, 0.3) is 0 Å². The molecule has 0 saturated heterocycles. The Morgan fingerprint density at radius 3 is 2.54 bits per heavy atom. The highest BCUT2D eigenvalue weighted by Crippen LogP contribution is 2.47. The third-order valence-corrected chi connectivity index (χ3v) is 5.89. The lowest BCUT2D eigenvalue weighted by atomic mass is 9.65. The van der Waals surface area contributed by atoms with E-state index in [0.717, 1.165) is 46.9 Å². The highest BCUT2D eigenvalue weighted by atomic mass is 16.5.